The Morgan fingerprint density at radius 2 is 2.00 bits per heavy atom. The van der Waals surface area contributed by atoms with Gasteiger partial charge in [0.2, 0.25) is 0 Å². The monoisotopic (exact) mass is 348 g/mol. The van der Waals surface area contributed by atoms with Gasteiger partial charge in [-0.3, -0.25) is 15.1 Å². The van der Waals surface area contributed by atoms with Crippen molar-refractivity contribution < 1.29 is 19.6 Å². The first-order chi connectivity index (χ1) is 11.4. The lowest BCUT2D eigenvalue weighted by molar-refractivity contribution is -0.384. The number of aliphatic carboxylic acids is 1. The molecular formula is C16H13ClN2O5. The molecule has 7 nitrogen and oxygen atoms in total. The average molecular weight is 349 g/mol. The third-order valence-corrected chi connectivity index (χ3v) is 3.35. The molecule has 0 amide bonds. The summed E-state index contributed by atoms with van der Waals surface area (Å²) in [4.78, 5) is 25.1. The third kappa shape index (κ3) is 4.53. The lowest BCUT2D eigenvalue weighted by Gasteiger charge is -2.09. The number of benzene rings is 2. The molecule has 0 radical (unpaired) electrons. The topological polar surface area (TPSA) is 102 Å². The summed E-state index contributed by atoms with van der Waals surface area (Å²) in [6, 6.07) is 10.9. The smallest absolute Gasteiger partial charge is 0.344 e. The maximum absolute atomic E-state index is 10.8. The molecule has 0 unspecified atom stereocenters. The summed E-state index contributed by atoms with van der Waals surface area (Å²) in [6.07, 6.45) is 0.580. The number of rotatable bonds is 6. The Kier molecular flexibility index (Phi) is 5.49. The zero-order valence-electron chi connectivity index (χ0n) is 12.5. The van der Waals surface area contributed by atoms with Gasteiger partial charge < -0.3 is 9.84 Å². The van der Waals surface area contributed by atoms with Crippen molar-refractivity contribution in [3.05, 3.63) is 63.2 Å². The molecule has 2 aromatic carbocycles. The second-order valence-electron chi connectivity index (χ2n) is 4.82. The molecule has 0 saturated heterocycles. The number of carbonyl (C=O) groups is 1. The van der Waals surface area contributed by atoms with E-state index in [-0.39, 0.29) is 10.7 Å². The molecule has 0 fully saturated rings. The van der Waals surface area contributed by atoms with Crippen molar-refractivity contribution in [2.24, 2.45) is 4.99 Å². The normalized spacial score (nSPS) is 12.1. The molecule has 1 N–H and O–H groups in total. The van der Waals surface area contributed by atoms with Crippen molar-refractivity contribution in [2.75, 3.05) is 0 Å². The van der Waals surface area contributed by atoms with Gasteiger partial charge in [0.05, 0.1) is 10.6 Å². The summed E-state index contributed by atoms with van der Waals surface area (Å²) in [6.45, 7) is 1.44. The second-order valence-corrected chi connectivity index (χ2v) is 5.23. The highest BCUT2D eigenvalue weighted by Crippen LogP contribution is 2.28. The van der Waals surface area contributed by atoms with E-state index in [2.05, 4.69) is 4.99 Å². The van der Waals surface area contributed by atoms with Gasteiger partial charge in [-0.15, -0.1) is 0 Å². The van der Waals surface area contributed by atoms with Crippen LogP contribution in [0.15, 0.2) is 47.5 Å². The van der Waals surface area contributed by atoms with E-state index in [1.54, 1.807) is 30.3 Å². The number of hydrogen-bond donors (Lipinski definition) is 1. The first-order valence-corrected chi connectivity index (χ1v) is 7.22. The molecule has 0 aliphatic rings. The maximum atomic E-state index is 10.8. The number of nitro benzene ring substituents is 1. The summed E-state index contributed by atoms with van der Waals surface area (Å²) in [5.41, 5.74) is 0.909. The van der Waals surface area contributed by atoms with Crippen LogP contribution in [0, 0.1) is 10.1 Å². The van der Waals surface area contributed by atoms with Crippen LogP contribution in [0.5, 0.6) is 5.75 Å². The molecule has 0 spiro atoms. The standard InChI is InChI=1S/C16H13ClN2O5/c1-10(16(20)21)24-13-5-2-11(3-6-13)9-18-12-4-7-14(17)15(8-12)19(22)23/h2-10H,1H3,(H,20,21)/t10-/m0/s1. The Morgan fingerprint density at radius 1 is 1.33 bits per heavy atom. The van der Waals surface area contributed by atoms with Gasteiger partial charge in [-0.2, -0.15) is 0 Å². The van der Waals surface area contributed by atoms with Crippen molar-refractivity contribution in [3.8, 4) is 5.75 Å². The molecule has 124 valence electrons. The van der Waals surface area contributed by atoms with Gasteiger partial charge in [-0.05, 0) is 48.9 Å². The number of hydrogen-bond acceptors (Lipinski definition) is 5. The minimum absolute atomic E-state index is 0.0491. The van der Waals surface area contributed by atoms with Crippen LogP contribution in [0.2, 0.25) is 5.02 Å². The number of carboxylic acids is 1. The number of halogens is 1. The Hall–Kier alpha value is -2.93. The van der Waals surface area contributed by atoms with Crippen LogP contribution < -0.4 is 4.74 Å². The minimum Gasteiger partial charge on any atom is -0.479 e. The molecule has 0 aromatic heterocycles. The lowest BCUT2D eigenvalue weighted by Crippen LogP contribution is -2.22. The molecule has 24 heavy (non-hydrogen) atoms. The predicted octanol–water partition coefficient (Wildman–Crippen LogP) is 3.85. The van der Waals surface area contributed by atoms with Crippen molar-refractivity contribution in [1.82, 2.24) is 0 Å². The summed E-state index contributed by atoms with van der Waals surface area (Å²) in [5.74, 6) is -0.630. The number of aliphatic imine (C=N–C) groups is 1. The van der Waals surface area contributed by atoms with Crippen LogP contribution >= 0.6 is 11.6 Å². The molecule has 0 heterocycles. The van der Waals surface area contributed by atoms with Crippen molar-refractivity contribution in [2.45, 2.75) is 13.0 Å². The molecule has 1 atom stereocenters. The molecule has 8 heteroatoms. The van der Waals surface area contributed by atoms with Crippen molar-refractivity contribution in [1.29, 1.82) is 0 Å². The van der Waals surface area contributed by atoms with Gasteiger partial charge in [-0.25, -0.2) is 4.79 Å². The number of carboxylic acid groups (broad SMARTS) is 1. The fraction of sp³-hybridized carbons (Fsp3) is 0.125. The highest BCUT2D eigenvalue weighted by molar-refractivity contribution is 6.32. The first-order valence-electron chi connectivity index (χ1n) is 6.84. The zero-order chi connectivity index (χ0) is 17.7. The number of nitrogens with zero attached hydrogens (tertiary/aromatic N) is 2. The predicted molar refractivity (Wildman–Crippen MR) is 89.5 cm³/mol. The molecule has 0 saturated carbocycles. The van der Waals surface area contributed by atoms with Crippen LogP contribution in [0.1, 0.15) is 12.5 Å². The molecule has 0 aliphatic heterocycles. The highest BCUT2D eigenvalue weighted by atomic mass is 35.5. The SMILES string of the molecule is C[C@H](Oc1ccc(C=Nc2ccc(Cl)c([N+](=O)[O-])c2)cc1)C(=O)O. The Labute approximate surface area is 142 Å². The number of ether oxygens (including phenoxy) is 1. The summed E-state index contributed by atoms with van der Waals surface area (Å²) in [7, 11) is 0. The van der Waals surface area contributed by atoms with Crippen LogP contribution in [0.4, 0.5) is 11.4 Å². The quantitative estimate of drug-likeness (QED) is 0.485. The van der Waals surface area contributed by atoms with E-state index < -0.39 is 17.0 Å². The maximum Gasteiger partial charge on any atom is 0.344 e. The van der Waals surface area contributed by atoms with Crippen LogP contribution in [0.25, 0.3) is 0 Å². The second kappa shape index (κ2) is 7.56. The molecular weight excluding hydrogens is 336 g/mol. The van der Waals surface area contributed by atoms with Gasteiger partial charge in [-0.1, -0.05) is 11.6 Å². The summed E-state index contributed by atoms with van der Waals surface area (Å²) < 4.78 is 5.22. The van der Waals surface area contributed by atoms with Crippen LogP contribution in [0.3, 0.4) is 0 Å². The minimum atomic E-state index is -1.05. The highest BCUT2D eigenvalue weighted by Gasteiger charge is 2.13. The van der Waals surface area contributed by atoms with Crippen molar-refractivity contribution in [3.63, 3.8) is 0 Å². The largest absolute Gasteiger partial charge is 0.479 e. The first kappa shape index (κ1) is 17.4. The van der Waals surface area contributed by atoms with Crippen LogP contribution in [-0.4, -0.2) is 28.3 Å². The van der Waals surface area contributed by atoms with E-state index in [4.69, 9.17) is 21.4 Å². The summed E-state index contributed by atoms with van der Waals surface area (Å²) >= 11 is 5.74. The fourth-order valence-electron chi connectivity index (χ4n) is 1.76. The van der Waals surface area contributed by atoms with Crippen molar-refractivity contribution >= 4 is 35.2 Å². The van der Waals surface area contributed by atoms with E-state index >= 15 is 0 Å². The Morgan fingerprint density at radius 3 is 2.58 bits per heavy atom. The number of nitro groups is 1. The fourth-order valence-corrected chi connectivity index (χ4v) is 1.94. The van der Waals surface area contributed by atoms with Gasteiger partial charge in [0.1, 0.15) is 10.8 Å². The van der Waals surface area contributed by atoms with Gasteiger partial charge >= 0.3 is 5.97 Å². The summed E-state index contributed by atoms with van der Waals surface area (Å²) in [5, 5.41) is 19.7. The molecule has 2 aromatic rings. The van der Waals surface area contributed by atoms with E-state index in [1.165, 1.54) is 25.3 Å². The van der Waals surface area contributed by atoms with E-state index in [9.17, 15) is 14.9 Å². The van der Waals surface area contributed by atoms with Gasteiger partial charge in [0.25, 0.3) is 5.69 Å². The Bertz CT molecular complexity index is 790. The molecule has 2 rings (SSSR count). The molecule has 0 aliphatic carbocycles. The lowest BCUT2D eigenvalue weighted by atomic mass is 10.2. The zero-order valence-corrected chi connectivity index (χ0v) is 13.3. The third-order valence-electron chi connectivity index (χ3n) is 3.03. The molecule has 0 bridgehead atoms. The van der Waals surface area contributed by atoms with E-state index in [0.29, 0.717) is 11.4 Å². The van der Waals surface area contributed by atoms with E-state index in [1.807, 2.05) is 0 Å². The average Bonchev–Trinajstić information content (AvgIpc) is 2.55. The van der Waals surface area contributed by atoms with Gasteiger partial charge in [0.15, 0.2) is 6.10 Å². The Balaban J connectivity index is 2.11. The van der Waals surface area contributed by atoms with E-state index in [0.717, 1.165) is 5.56 Å². The van der Waals surface area contributed by atoms with Crippen LogP contribution in [-0.2, 0) is 4.79 Å². The van der Waals surface area contributed by atoms with Gasteiger partial charge in [0, 0.05) is 12.3 Å².